The molecule has 2 aromatic carbocycles. The third-order valence-corrected chi connectivity index (χ3v) is 5.89. The Morgan fingerprint density at radius 2 is 1.70 bits per heavy atom. The molecule has 0 saturated carbocycles. The van der Waals surface area contributed by atoms with Gasteiger partial charge in [0.05, 0.1) is 17.7 Å². The van der Waals surface area contributed by atoms with Crippen molar-refractivity contribution < 1.29 is 19.0 Å². The molecule has 0 fully saturated rings. The van der Waals surface area contributed by atoms with Crippen molar-refractivity contribution in [3.63, 3.8) is 0 Å². The summed E-state index contributed by atoms with van der Waals surface area (Å²) in [6.45, 7) is 5.39. The molecule has 1 amide bonds. The highest BCUT2D eigenvalue weighted by Gasteiger charge is 2.16. The second-order valence-corrected chi connectivity index (χ2v) is 7.70. The fraction of sp³-hybridized carbons (Fsp3) is 0.238. The second-order valence-electron chi connectivity index (χ2n) is 6.11. The number of benzene rings is 2. The molecule has 0 aliphatic carbocycles. The molecule has 0 atom stereocenters. The maximum Gasteiger partial charge on any atom is 0.277 e. The van der Waals surface area contributed by atoms with Crippen LogP contribution in [0.3, 0.4) is 0 Å². The average Bonchev–Trinajstić information content (AvgIpc) is 3.08. The molecule has 1 aromatic heterocycles. The predicted molar refractivity (Wildman–Crippen MR) is 121 cm³/mol. The molecule has 0 aliphatic rings. The zero-order valence-electron chi connectivity index (χ0n) is 16.5. The number of hydrogen-bond donors (Lipinski definition) is 2. The molecule has 7 nitrogen and oxygen atoms in total. The van der Waals surface area contributed by atoms with E-state index in [-0.39, 0.29) is 11.6 Å². The summed E-state index contributed by atoms with van der Waals surface area (Å²) in [4.78, 5) is 12.3. The Morgan fingerprint density at radius 3 is 2.33 bits per heavy atom. The molecule has 2 N–H and O–H groups in total. The lowest BCUT2D eigenvalue weighted by Crippen LogP contribution is -2.13. The monoisotopic (exact) mass is 537 g/mol. The molecule has 1 heterocycles. The van der Waals surface area contributed by atoms with E-state index in [2.05, 4.69) is 47.4 Å². The highest BCUT2D eigenvalue weighted by molar-refractivity contribution is 9.13. The van der Waals surface area contributed by atoms with Crippen LogP contribution in [0.2, 0.25) is 0 Å². The van der Waals surface area contributed by atoms with Crippen molar-refractivity contribution in [1.29, 1.82) is 0 Å². The zero-order chi connectivity index (χ0) is 21.5. The molecule has 0 radical (unpaired) electrons. The van der Waals surface area contributed by atoms with Crippen LogP contribution in [0.1, 0.15) is 29.9 Å². The van der Waals surface area contributed by atoms with Crippen molar-refractivity contribution in [1.82, 2.24) is 10.2 Å². The van der Waals surface area contributed by atoms with Crippen LogP contribution in [0.25, 0.3) is 0 Å². The minimum Gasteiger partial charge on any atom is -0.490 e. The van der Waals surface area contributed by atoms with Gasteiger partial charge in [0.15, 0.2) is 17.2 Å². The van der Waals surface area contributed by atoms with Gasteiger partial charge in [-0.2, -0.15) is 5.10 Å². The number of hydrogen-bond acceptors (Lipinski definition) is 5. The normalized spacial score (nSPS) is 10.5. The summed E-state index contributed by atoms with van der Waals surface area (Å²) in [6, 6.07) is 12.9. The topological polar surface area (TPSA) is 85.5 Å². The molecule has 9 heteroatoms. The van der Waals surface area contributed by atoms with Gasteiger partial charge in [0.25, 0.3) is 5.91 Å². The first-order valence-electron chi connectivity index (χ1n) is 9.33. The Labute approximate surface area is 191 Å². The number of carbonyl (C=O) groups excluding carboxylic acids is 1. The summed E-state index contributed by atoms with van der Waals surface area (Å²) in [5.41, 5.74) is 1.87. The number of aromatic nitrogens is 2. The van der Waals surface area contributed by atoms with Crippen LogP contribution in [0.5, 0.6) is 17.2 Å². The Kier molecular flexibility index (Phi) is 7.75. The fourth-order valence-electron chi connectivity index (χ4n) is 2.63. The first-order chi connectivity index (χ1) is 14.5. The van der Waals surface area contributed by atoms with Crippen LogP contribution >= 0.6 is 31.9 Å². The summed E-state index contributed by atoms with van der Waals surface area (Å²) in [5.74, 6) is 1.78. The number of anilines is 1. The Morgan fingerprint density at radius 1 is 1.00 bits per heavy atom. The van der Waals surface area contributed by atoms with Gasteiger partial charge in [-0.15, -0.1) is 0 Å². The number of rotatable bonds is 9. The van der Waals surface area contributed by atoms with Crippen LogP contribution < -0.4 is 19.5 Å². The lowest BCUT2D eigenvalue weighted by atomic mass is 10.2. The molecule has 0 spiro atoms. The van der Waals surface area contributed by atoms with Gasteiger partial charge in [-0.05, 0) is 87.7 Å². The average molecular weight is 539 g/mol. The van der Waals surface area contributed by atoms with Crippen molar-refractivity contribution in [3.8, 4) is 17.2 Å². The molecule has 158 valence electrons. The molecule has 3 aromatic rings. The van der Waals surface area contributed by atoms with Crippen LogP contribution in [0.4, 0.5) is 5.69 Å². The molecule has 3 rings (SSSR count). The summed E-state index contributed by atoms with van der Waals surface area (Å²) in [6.07, 6.45) is 0. The quantitative estimate of drug-likeness (QED) is 0.372. The number of carbonyl (C=O) groups is 1. The molecule has 30 heavy (non-hydrogen) atoms. The molecular formula is C21H21Br2N3O4. The number of ether oxygens (including phenoxy) is 3. The van der Waals surface area contributed by atoms with Crippen molar-refractivity contribution in [3.05, 3.63) is 62.8 Å². The first kappa shape index (κ1) is 22.2. The van der Waals surface area contributed by atoms with Gasteiger partial charge >= 0.3 is 0 Å². The second kappa shape index (κ2) is 10.5. The highest BCUT2D eigenvalue weighted by Crippen LogP contribution is 2.29. The van der Waals surface area contributed by atoms with Crippen LogP contribution in [0.15, 0.2) is 51.5 Å². The Hall–Kier alpha value is -2.52. The largest absolute Gasteiger partial charge is 0.490 e. The first-order valence-corrected chi connectivity index (χ1v) is 10.9. The van der Waals surface area contributed by atoms with Gasteiger partial charge in [-0.3, -0.25) is 9.89 Å². The Bertz CT molecular complexity index is 1010. The molecule has 0 unspecified atom stereocenters. The Balaban J connectivity index is 1.60. The summed E-state index contributed by atoms with van der Waals surface area (Å²) >= 11 is 6.57. The van der Waals surface area contributed by atoms with E-state index in [1.807, 2.05) is 32.0 Å². The maximum atomic E-state index is 12.3. The highest BCUT2D eigenvalue weighted by atomic mass is 79.9. The fourth-order valence-corrected chi connectivity index (χ4v) is 3.27. The lowest BCUT2D eigenvalue weighted by molar-refractivity contribution is 0.102. The summed E-state index contributed by atoms with van der Waals surface area (Å²) in [7, 11) is 0. The van der Waals surface area contributed by atoms with Crippen molar-refractivity contribution in [2.24, 2.45) is 0 Å². The van der Waals surface area contributed by atoms with Crippen LogP contribution in [-0.4, -0.2) is 29.3 Å². The van der Waals surface area contributed by atoms with E-state index in [0.29, 0.717) is 46.1 Å². The summed E-state index contributed by atoms with van der Waals surface area (Å²) in [5, 5.41) is 9.44. The predicted octanol–water partition coefficient (Wildman–Crippen LogP) is 5.56. The van der Waals surface area contributed by atoms with E-state index in [4.69, 9.17) is 14.2 Å². The van der Waals surface area contributed by atoms with Crippen LogP contribution in [-0.2, 0) is 6.61 Å². The van der Waals surface area contributed by atoms with Crippen LogP contribution in [0, 0.1) is 0 Å². The molecule has 0 bridgehead atoms. The number of amides is 1. The number of H-pyrrole nitrogens is 1. The van der Waals surface area contributed by atoms with E-state index in [9.17, 15) is 4.79 Å². The third-order valence-electron chi connectivity index (χ3n) is 4.01. The van der Waals surface area contributed by atoms with Crippen molar-refractivity contribution >= 4 is 43.5 Å². The lowest BCUT2D eigenvalue weighted by Gasteiger charge is -2.13. The number of nitrogens with one attached hydrogen (secondary N) is 2. The van der Waals surface area contributed by atoms with Gasteiger partial charge in [-0.1, -0.05) is 6.07 Å². The van der Waals surface area contributed by atoms with Gasteiger partial charge < -0.3 is 19.5 Å². The van der Waals surface area contributed by atoms with Gasteiger partial charge in [0, 0.05) is 5.69 Å². The van der Waals surface area contributed by atoms with E-state index in [1.165, 1.54) is 0 Å². The molecular weight excluding hydrogens is 518 g/mol. The standard InChI is InChI=1S/C21H21Br2N3O4/c1-3-28-16-10-5-13(11-17(16)29-4-2)12-30-15-8-6-14(7-9-15)24-21(27)19-18(22)20(23)26-25-19/h5-11H,3-4,12H2,1-2H3,(H,24,27)(H,25,26). The van der Waals surface area contributed by atoms with Gasteiger partial charge in [-0.25, -0.2) is 0 Å². The van der Waals surface area contributed by atoms with E-state index >= 15 is 0 Å². The zero-order valence-corrected chi connectivity index (χ0v) is 19.7. The minimum absolute atomic E-state index is 0.266. The van der Waals surface area contributed by atoms with E-state index < -0.39 is 0 Å². The van der Waals surface area contributed by atoms with Gasteiger partial charge in [0.1, 0.15) is 17.0 Å². The van der Waals surface area contributed by atoms with Gasteiger partial charge in [0.2, 0.25) is 0 Å². The number of aromatic amines is 1. The maximum absolute atomic E-state index is 12.3. The molecule has 0 aliphatic heterocycles. The molecule has 0 saturated heterocycles. The third kappa shape index (κ3) is 5.54. The van der Waals surface area contributed by atoms with E-state index in [0.717, 1.165) is 11.3 Å². The summed E-state index contributed by atoms with van der Waals surface area (Å²) < 4.78 is 18.3. The smallest absolute Gasteiger partial charge is 0.277 e. The minimum atomic E-state index is -0.324. The van der Waals surface area contributed by atoms with Crippen molar-refractivity contribution in [2.45, 2.75) is 20.5 Å². The van der Waals surface area contributed by atoms with E-state index in [1.54, 1.807) is 24.3 Å². The van der Waals surface area contributed by atoms with Crippen molar-refractivity contribution in [2.75, 3.05) is 18.5 Å². The number of nitrogens with zero attached hydrogens (tertiary/aromatic N) is 1. The number of halogens is 2. The SMILES string of the molecule is CCOc1ccc(COc2ccc(NC(=O)c3n[nH]c(Br)c3Br)cc2)cc1OCC.